The molecule has 3 rings (SSSR count). The van der Waals surface area contributed by atoms with Gasteiger partial charge in [-0.25, -0.2) is 0 Å². The summed E-state index contributed by atoms with van der Waals surface area (Å²) < 4.78 is 50.4. The van der Waals surface area contributed by atoms with Crippen molar-refractivity contribution >= 4 is 37.6 Å². The number of hydrogen-bond donors (Lipinski definition) is 1. The van der Waals surface area contributed by atoms with E-state index >= 15 is 0 Å². The fourth-order valence-corrected chi connectivity index (χ4v) is 6.51. The zero-order valence-corrected chi connectivity index (χ0v) is 20.1. The van der Waals surface area contributed by atoms with E-state index in [0.29, 0.717) is 39.1 Å². The molecule has 0 aromatic carbocycles. The zero-order valence-electron chi connectivity index (χ0n) is 16.7. The van der Waals surface area contributed by atoms with E-state index in [2.05, 4.69) is 0 Å². The van der Waals surface area contributed by atoms with Crippen LogP contribution in [0.4, 0.5) is 0 Å². The van der Waals surface area contributed by atoms with Crippen LogP contribution in [0.1, 0.15) is 32.6 Å². The summed E-state index contributed by atoms with van der Waals surface area (Å²) in [6.45, 7) is -4.68. The molecule has 0 aromatic rings. The summed E-state index contributed by atoms with van der Waals surface area (Å²) in [5.41, 5.74) is 0. The third kappa shape index (κ3) is 7.45. The highest BCUT2D eigenvalue weighted by Crippen LogP contribution is 2.50. The maximum Gasteiger partial charge on any atom is 0.200 e. The van der Waals surface area contributed by atoms with Crippen molar-refractivity contribution in [2.24, 2.45) is 0 Å². The maximum atomic E-state index is 12.5. The first-order chi connectivity index (χ1) is 14.2. The van der Waals surface area contributed by atoms with E-state index in [9.17, 15) is 14.6 Å². The van der Waals surface area contributed by atoms with E-state index in [4.69, 9.17) is 56.4 Å². The highest BCUT2D eigenvalue weighted by atomic mass is 32.7. The van der Waals surface area contributed by atoms with Gasteiger partial charge in [-0.2, -0.15) is 0 Å². The minimum Gasteiger partial charge on any atom is -0.780 e. The molecule has 3 heterocycles. The number of ether oxygens (including phenoxy) is 3. The molecule has 0 bridgehead atoms. The average molecular weight is 506 g/mol. The predicted molar refractivity (Wildman–Crippen MR) is 110 cm³/mol. The Kier molecular flexibility index (Phi) is 9.63. The molecule has 14 heteroatoms. The van der Waals surface area contributed by atoms with Crippen LogP contribution in [0.25, 0.3) is 0 Å². The summed E-state index contributed by atoms with van der Waals surface area (Å²) in [6.07, 6.45) is -0.912. The van der Waals surface area contributed by atoms with Gasteiger partial charge in [-0.15, -0.1) is 0 Å². The molecule has 0 aromatic heterocycles. The normalized spacial score (nSPS) is 38.5. The average Bonchev–Trinajstić information content (AvgIpc) is 3.40. The van der Waals surface area contributed by atoms with Crippen LogP contribution in [0.5, 0.6) is 0 Å². The monoisotopic (exact) mass is 506 g/mol. The first-order valence-corrected chi connectivity index (χ1v) is 15.1. The molecular formula is C16H28O10P2S2-2. The number of aliphatic hydroxyl groups excluding tert-OH is 1. The van der Waals surface area contributed by atoms with Crippen molar-refractivity contribution in [2.45, 2.75) is 69.2 Å². The third-order valence-corrected chi connectivity index (χ3v) is 8.34. The molecule has 3 aliphatic heterocycles. The van der Waals surface area contributed by atoms with Gasteiger partial charge in [-0.1, -0.05) is 18.7 Å². The summed E-state index contributed by atoms with van der Waals surface area (Å²) in [5.74, 6) is 0. The largest absolute Gasteiger partial charge is 0.780 e. The molecule has 8 atom stereocenters. The summed E-state index contributed by atoms with van der Waals surface area (Å²) in [7, 11) is 0. The third-order valence-electron chi connectivity index (χ3n) is 5.20. The number of rotatable bonds is 11. The van der Waals surface area contributed by atoms with Gasteiger partial charge < -0.3 is 54.6 Å². The Morgan fingerprint density at radius 2 is 1.57 bits per heavy atom. The second-order valence-electron chi connectivity index (χ2n) is 7.34. The summed E-state index contributed by atoms with van der Waals surface area (Å²) >= 11 is 9.95. The standard InChI is InChI=1S/C16H30O10P2S2/c1-2-12-13(4-7-20-12)25-28(19,30)24-10-16-14(5-8-22-16)26-27(18,29)23-9-15-11(17)3-6-21-15/h11-17H,2-10H2,1H3,(H,18,29)(H,19,30)/p-2. The van der Waals surface area contributed by atoms with Gasteiger partial charge in [0.05, 0.1) is 37.6 Å². The van der Waals surface area contributed by atoms with Crippen LogP contribution in [-0.2, 0) is 60.9 Å². The van der Waals surface area contributed by atoms with E-state index in [0.717, 1.165) is 6.42 Å². The second kappa shape index (κ2) is 11.3. The van der Waals surface area contributed by atoms with E-state index in [1.807, 2.05) is 6.92 Å². The summed E-state index contributed by atoms with van der Waals surface area (Å²) in [6, 6.07) is 0. The van der Waals surface area contributed by atoms with Crippen molar-refractivity contribution in [1.82, 2.24) is 0 Å². The molecule has 1 N–H and O–H groups in total. The van der Waals surface area contributed by atoms with Crippen LogP contribution in [0, 0.1) is 0 Å². The van der Waals surface area contributed by atoms with Gasteiger partial charge in [-0.3, -0.25) is 4.57 Å². The lowest BCUT2D eigenvalue weighted by molar-refractivity contribution is -0.214. The Morgan fingerprint density at radius 3 is 2.20 bits per heavy atom. The summed E-state index contributed by atoms with van der Waals surface area (Å²) in [5, 5.41) is 9.73. The minimum absolute atomic E-state index is 0.131. The fraction of sp³-hybridized carbons (Fsp3) is 1.00. The molecule has 0 amide bonds. The molecule has 176 valence electrons. The zero-order chi connectivity index (χ0) is 21.8. The quantitative estimate of drug-likeness (QED) is 0.319. The van der Waals surface area contributed by atoms with Gasteiger partial charge >= 0.3 is 0 Å². The Labute approximate surface area is 186 Å². The van der Waals surface area contributed by atoms with Crippen molar-refractivity contribution in [3.05, 3.63) is 0 Å². The van der Waals surface area contributed by atoms with E-state index in [1.165, 1.54) is 0 Å². The number of hydrogen-bond acceptors (Lipinski definition) is 12. The van der Waals surface area contributed by atoms with E-state index < -0.39 is 37.9 Å². The van der Waals surface area contributed by atoms with Crippen LogP contribution in [0.3, 0.4) is 0 Å². The first kappa shape index (κ1) is 25.5. The van der Waals surface area contributed by atoms with E-state index in [1.54, 1.807) is 0 Å². The van der Waals surface area contributed by atoms with Crippen molar-refractivity contribution < 1.29 is 46.9 Å². The van der Waals surface area contributed by atoms with Gasteiger partial charge in [0.15, 0.2) is 6.80 Å². The van der Waals surface area contributed by atoms with Gasteiger partial charge in [0.2, 0.25) is 0 Å². The fourth-order valence-electron chi connectivity index (χ4n) is 3.55. The molecule has 3 aliphatic rings. The predicted octanol–water partition coefficient (Wildman–Crippen LogP) is 1.17. The molecule has 0 radical (unpaired) electrons. The Balaban J connectivity index is 1.45. The van der Waals surface area contributed by atoms with Crippen molar-refractivity contribution in [1.29, 1.82) is 0 Å². The van der Waals surface area contributed by atoms with Crippen molar-refractivity contribution in [3.63, 3.8) is 0 Å². The van der Waals surface area contributed by atoms with Gasteiger partial charge in [0, 0.05) is 26.2 Å². The van der Waals surface area contributed by atoms with Gasteiger partial charge in [0.25, 0.3) is 0 Å². The molecule has 10 nitrogen and oxygen atoms in total. The lowest BCUT2D eigenvalue weighted by Gasteiger charge is -2.34. The number of aliphatic hydroxyl groups is 1. The lowest BCUT2D eigenvalue weighted by atomic mass is 10.1. The smallest absolute Gasteiger partial charge is 0.200 e. The molecule has 3 fully saturated rings. The highest BCUT2D eigenvalue weighted by molar-refractivity contribution is 8.32. The Morgan fingerprint density at radius 1 is 1.00 bits per heavy atom. The summed E-state index contributed by atoms with van der Waals surface area (Å²) in [4.78, 5) is 12.5. The Hall–Kier alpha value is 0.870. The van der Waals surface area contributed by atoms with Crippen LogP contribution in [0.2, 0.25) is 0 Å². The van der Waals surface area contributed by atoms with Gasteiger partial charge in [-0.05, 0) is 19.3 Å². The van der Waals surface area contributed by atoms with Crippen LogP contribution in [-0.4, -0.2) is 74.8 Å². The Bertz CT molecular complexity index is 656. The highest BCUT2D eigenvalue weighted by Gasteiger charge is 2.35. The lowest BCUT2D eigenvalue weighted by Crippen LogP contribution is -2.32. The molecule has 0 aliphatic carbocycles. The van der Waals surface area contributed by atoms with Crippen LogP contribution >= 0.6 is 13.5 Å². The van der Waals surface area contributed by atoms with Crippen molar-refractivity contribution in [2.75, 3.05) is 33.0 Å². The molecule has 30 heavy (non-hydrogen) atoms. The van der Waals surface area contributed by atoms with Crippen LogP contribution in [0.15, 0.2) is 0 Å². The molecular weight excluding hydrogens is 478 g/mol. The molecule has 0 saturated carbocycles. The molecule has 8 unspecified atom stereocenters. The topological polar surface area (TPSA) is 125 Å². The SMILES string of the molecule is CCC1OCCC1OP(=O)([S-])OCC1OCCC1OP([O-])(=S)OCC1OCCC1O. The van der Waals surface area contributed by atoms with E-state index in [-0.39, 0.29) is 25.4 Å². The maximum absolute atomic E-state index is 12.5. The van der Waals surface area contributed by atoms with Crippen LogP contribution < -0.4 is 4.89 Å². The second-order valence-corrected chi connectivity index (χ2v) is 12.8. The van der Waals surface area contributed by atoms with Crippen molar-refractivity contribution in [3.8, 4) is 0 Å². The molecule has 0 spiro atoms. The molecule has 3 saturated heterocycles. The first-order valence-electron chi connectivity index (χ1n) is 10.00. The minimum atomic E-state index is -3.85. The van der Waals surface area contributed by atoms with Gasteiger partial charge in [0.1, 0.15) is 18.9 Å².